The predicted molar refractivity (Wildman–Crippen MR) is 128 cm³/mol. The van der Waals surface area contributed by atoms with E-state index in [1.807, 2.05) is 12.1 Å². The van der Waals surface area contributed by atoms with E-state index >= 15 is 0 Å². The summed E-state index contributed by atoms with van der Waals surface area (Å²) in [5.41, 5.74) is 1.21. The van der Waals surface area contributed by atoms with Gasteiger partial charge in [-0.3, -0.25) is 4.90 Å². The molecular formula is C22H34Cl2N4O2S. The van der Waals surface area contributed by atoms with E-state index in [-0.39, 0.29) is 0 Å². The third kappa shape index (κ3) is 5.75. The lowest BCUT2D eigenvalue weighted by atomic mass is 9.78. The molecular weight excluding hydrogens is 455 g/mol. The van der Waals surface area contributed by atoms with Crippen LogP contribution in [0.1, 0.15) is 30.7 Å². The average molecular weight is 490 g/mol. The minimum atomic E-state index is -3.05. The Morgan fingerprint density at radius 2 is 1.87 bits per heavy atom. The topological polar surface area (TPSA) is 55.9 Å². The van der Waals surface area contributed by atoms with E-state index in [1.54, 1.807) is 4.31 Å². The van der Waals surface area contributed by atoms with Crippen LogP contribution >= 0.6 is 23.2 Å². The first-order valence-corrected chi connectivity index (χ1v) is 14.0. The van der Waals surface area contributed by atoms with Gasteiger partial charge in [0, 0.05) is 45.3 Å². The second-order valence-corrected chi connectivity index (χ2v) is 12.0. The Morgan fingerprint density at radius 1 is 1.13 bits per heavy atom. The number of piperidine rings is 1. The van der Waals surface area contributed by atoms with Crippen LogP contribution in [0.3, 0.4) is 0 Å². The van der Waals surface area contributed by atoms with Crippen molar-refractivity contribution in [2.75, 3.05) is 65.2 Å². The molecule has 3 aliphatic heterocycles. The molecule has 0 aromatic heterocycles. The Bertz CT molecular complexity index is 855. The van der Waals surface area contributed by atoms with E-state index < -0.39 is 10.0 Å². The second kappa shape index (κ2) is 10.2. The summed E-state index contributed by atoms with van der Waals surface area (Å²) in [4.78, 5) is 4.99. The summed E-state index contributed by atoms with van der Waals surface area (Å²) in [6, 6.07) is 6.60. The summed E-state index contributed by atoms with van der Waals surface area (Å²) in [5.74, 6) is 1.06. The highest BCUT2D eigenvalue weighted by atomic mass is 35.5. The summed E-state index contributed by atoms with van der Waals surface area (Å²) in [6.07, 6.45) is 4.79. The molecule has 2 unspecified atom stereocenters. The highest BCUT2D eigenvalue weighted by molar-refractivity contribution is 7.88. The van der Waals surface area contributed by atoms with Crippen molar-refractivity contribution in [3.63, 3.8) is 0 Å². The fourth-order valence-electron chi connectivity index (χ4n) is 5.38. The molecule has 3 heterocycles. The number of nitrogens with one attached hydrogen (secondary N) is 1. The van der Waals surface area contributed by atoms with Crippen LogP contribution in [0.25, 0.3) is 0 Å². The Balaban J connectivity index is 1.20. The molecule has 0 aliphatic carbocycles. The molecule has 3 saturated heterocycles. The molecule has 1 aromatic rings. The standard InChI is InChI=1S/C22H34Cl2N4O2S/c1-31(29,30)28-12-10-27(11-13-28)18-15-26(16-18)9-3-4-17-14-25-8-7-19(17)20-5-2-6-21(23)22(20)24/h2,5-6,17-19,25H,3-4,7-16H2,1H3. The number of benzene rings is 1. The van der Waals surface area contributed by atoms with Gasteiger partial charge in [0.2, 0.25) is 10.0 Å². The number of piperazine rings is 1. The normalized spacial score (nSPS) is 27.3. The zero-order chi connectivity index (χ0) is 22.0. The van der Waals surface area contributed by atoms with Crippen molar-refractivity contribution < 1.29 is 8.42 Å². The van der Waals surface area contributed by atoms with Gasteiger partial charge in [-0.15, -0.1) is 0 Å². The van der Waals surface area contributed by atoms with Crippen LogP contribution in [-0.2, 0) is 10.0 Å². The lowest BCUT2D eigenvalue weighted by Gasteiger charge is -2.48. The van der Waals surface area contributed by atoms with E-state index in [0.717, 1.165) is 57.3 Å². The molecule has 0 spiro atoms. The Labute approximate surface area is 196 Å². The number of hydrogen-bond donors (Lipinski definition) is 1. The Hall–Kier alpha value is -0.410. The van der Waals surface area contributed by atoms with Crippen LogP contribution in [0.2, 0.25) is 10.0 Å². The largest absolute Gasteiger partial charge is 0.316 e. The molecule has 0 amide bonds. The van der Waals surface area contributed by atoms with Gasteiger partial charge in [-0.05, 0) is 62.4 Å². The molecule has 4 rings (SSSR count). The molecule has 6 nitrogen and oxygen atoms in total. The molecule has 0 bridgehead atoms. The van der Waals surface area contributed by atoms with Crippen molar-refractivity contribution in [1.82, 2.24) is 19.4 Å². The van der Waals surface area contributed by atoms with Crippen LogP contribution in [0.5, 0.6) is 0 Å². The maximum Gasteiger partial charge on any atom is 0.211 e. The number of halogens is 2. The minimum absolute atomic E-state index is 0.475. The van der Waals surface area contributed by atoms with Crippen molar-refractivity contribution in [1.29, 1.82) is 0 Å². The fourth-order valence-corrected chi connectivity index (χ4v) is 6.65. The molecule has 0 radical (unpaired) electrons. The first-order valence-electron chi connectivity index (χ1n) is 11.4. The summed E-state index contributed by atoms with van der Waals surface area (Å²) < 4.78 is 25.0. The molecule has 174 valence electrons. The van der Waals surface area contributed by atoms with E-state index in [9.17, 15) is 8.42 Å². The van der Waals surface area contributed by atoms with Gasteiger partial charge < -0.3 is 10.2 Å². The second-order valence-electron chi connectivity index (χ2n) is 9.26. The van der Waals surface area contributed by atoms with Gasteiger partial charge in [-0.2, -0.15) is 4.31 Å². The predicted octanol–water partition coefficient (Wildman–Crippen LogP) is 2.73. The van der Waals surface area contributed by atoms with Crippen molar-refractivity contribution >= 4 is 33.2 Å². The van der Waals surface area contributed by atoms with Gasteiger partial charge in [0.05, 0.1) is 16.3 Å². The molecule has 1 aromatic carbocycles. The third-order valence-electron chi connectivity index (χ3n) is 7.23. The Kier molecular flexibility index (Phi) is 7.84. The smallest absolute Gasteiger partial charge is 0.211 e. The lowest BCUT2D eigenvalue weighted by Crippen LogP contribution is -2.63. The summed E-state index contributed by atoms with van der Waals surface area (Å²) >= 11 is 12.8. The van der Waals surface area contributed by atoms with Gasteiger partial charge >= 0.3 is 0 Å². The van der Waals surface area contributed by atoms with Crippen molar-refractivity contribution in [2.24, 2.45) is 5.92 Å². The van der Waals surface area contributed by atoms with Gasteiger partial charge in [0.15, 0.2) is 0 Å². The number of likely N-dealkylation sites (tertiary alicyclic amines) is 1. The molecule has 1 N–H and O–H groups in total. The van der Waals surface area contributed by atoms with Crippen LogP contribution < -0.4 is 5.32 Å². The number of hydrogen-bond acceptors (Lipinski definition) is 5. The first kappa shape index (κ1) is 23.7. The molecule has 0 saturated carbocycles. The van der Waals surface area contributed by atoms with Crippen LogP contribution in [0, 0.1) is 5.92 Å². The fraction of sp³-hybridized carbons (Fsp3) is 0.727. The lowest BCUT2D eigenvalue weighted by molar-refractivity contribution is 0.0157. The highest BCUT2D eigenvalue weighted by Gasteiger charge is 2.35. The van der Waals surface area contributed by atoms with Crippen molar-refractivity contribution in [3.05, 3.63) is 33.8 Å². The van der Waals surface area contributed by atoms with E-state index in [4.69, 9.17) is 23.2 Å². The number of nitrogens with zero attached hydrogens (tertiary/aromatic N) is 3. The van der Waals surface area contributed by atoms with Crippen LogP contribution in [0.4, 0.5) is 0 Å². The van der Waals surface area contributed by atoms with Crippen molar-refractivity contribution in [2.45, 2.75) is 31.2 Å². The monoisotopic (exact) mass is 488 g/mol. The average Bonchev–Trinajstić information content (AvgIpc) is 2.72. The third-order valence-corrected chi connectivity index (χ3v) is 9.37. The quantitative estimate of drug-likeness (QED) is 0.639. The first-order chi connectivity index (χ1) is 14.8. The zero-order valence-electron chi connectivity index (χ0n) is 18.3. The molecule has 3 aliphatic rings. The maximum absolute atomic E-state index is 11.7. The molecule has 2 atom stereocenters. The van der Waals surface area contributed by atoms with E-state index in [0.29, 0.717) is 36.0 Å². The van der Waals surface area contributed by atoms with E-state index in [2.05, 4.69) is 21.2 Å². The van der Waals surface area contributed by atoms with Gasteiger partial charge in [-0.1, -0.05) is 35.3 Å². The maximum atomic E-state index is 11.7. The van der Waals surface area contributed by atoms with Crippen LogP contribution in [-0.4, -0.2) is 93.7 Å². The van der Waals surface area contributed by atoms with Crippen molar-refractivity contribution in [3.8, 4) is 0 Å². The zero-order valence-corrected chi connectivity index (χ0v) is 20.6. The van der Waals surface area contributed by atoms with Gasteiger partial charge in [0.25, 0.3) is 0 Å². The minimum Gasteiger partial charge on any atom is -0.316 e. The van der Waals surface area contributed by atoms with Crippen LogP contribution in [0.15, 0.2) is 18.2 Å². The molecule has 3 fully saturated rings. The van der Waals surface area contributed by atoms with Gasteiger partial charge in [0.1, 0.15) is 0 Å². The highest BCUT2D eigenvalue weighted by Crippen LogP contribution is 2.39. The number of rotatable bonds is 7. The van der Waals surface area contributed by atoms with E-state index in [1.165, 1.54) is 24.7 Å². The number of sulfonamides is 1. The Morgan fingerprint density at radius 3 is 2.58 bits per heavy atom. The summed E-state index contributed by atoms with van der Waals surface area (Å²) in [7, 11) is -3.05. The molecule has 9 heteroatoms. The summed E-state index contributed by atoms with van der Waals surface area (Å²) in [6.45, 7) is 8.35. The van der Waals surface area contributed by atoms with Gasteiger partial charge in [-0.25, -0.2) is 8.42 Å². The SMILES string of the molecule is CS(=O)(=O)N1CCN(C2CN(CCCC3CNCCC3c3cccc(Cl)c3Cl)C2)CC1. The summed E-state index contributed by atoms with van der Waals surface area (Å²) in [5, 5.41) is 4.93. The molecule has 31 heavy (non-hydrogen) atoms.